The Hall–Kier alpha value is -1.36. The maximum absolute atomic E-state index is 13.8. The van der Waals surface area contributed by atoms with E-state index in [2.05, 4.69) is 0 Å². The maximum atomic E-state index is 13.8. The van der Waals surface area contributed by atoms with Crippen LogP contribution in [-0.4, -0.2) is 20.3 Å². The van der Waals surface area contributed by atoms with Gasteiger partial charge in [0, 0.05) is 23.1 Å². The molecule has 1 aromatic carbocycles. The molecule has 0 bridgehead atoms. The zero-order valence-electron chi connectivity index (χ0n) is 10.7. The first-order chi connectivity index (χ1) is 8.47. The molecule has 100 valence electrons. The molecule has 0 aliphatic heterocycles. The fourth-order valence-electron chi connectivity index (χ4n) is 2.50. The van der Waals surface area contributed by atoms with Gasteiger partial charge in [-0.15, -0.1) is 0 Å². The van der Waals surface area contributed by atoms with Crippen molar-refractivity contribution in [2.75, 3.05) is 14.2 Å². The van der Waals surface area contributed by atoms with Crippen molar-refractivity contribution >= 4 is 0 Å². The Morgan fingerprint density at radius 1 is 1.17 bits per heavy atom. The molecule has 0 heterocycles. The molecule has 0 radical (unpaired) electrons. The quantitative estimate of drug-likeness (QED) is 0.900. The number of rotatable bonds is 4. The highest BCUT2D eigenvalue weighted by Crippen LogP contribution is 2.57. The molecule has 1 fully saturated rings. The summed E-state index contributed by atoms with van der Waals surface area (Å²) in [5, 5.41) is 0. The molecular weight excluding hydrogens is 240 g/mol. The molecular formula is C13H17F2NO2. The Morgan fingerprint density at radius 3 is 1.89 bits per heavy atom. The Labute approximate surface area is 105 Å². The second-order valence-corrected chi connectivity index (χ2v) is 4.73. The normalized spacial score (nSPS) is 18.3. The lowest BCUT2D eigenvalue weighted by molar-refractivity contribution is 0.336. The van der Waals surface area contributed by atoms with Crippen LogP contribution in [0.3, 0.4) is 0 Å². The average molecular weight is 257 g/mol. The van der Waals surface area contributed by atoms with Crippen LogP contribution >= 0.6 is 0 Å². The lowest BCUT2D eigenvalue weighted by Gasteiger charge is -2.25. The minimum Gasteiger partial charge on any atom is -0.493 e. The number of hydrogen-bond acceptors (Lipinski definition) is 3. The first-order valence-corrected chi connectivity index (χ1v) is 5.84. The number of halogens is 2. The Bertz CT molecular complexity index is 442. The van der Waals surface area contributed by atoms with Crippen molar-refractivity contribution in [3.8, 4) is 11.5 Å². The fourth-order valence-corrected chi connectivity index (χ4v) is 2.50. The van der Waals surface area contributed by atoms with E-state index in [1.165, 1.54) is 14.2 Å². The van der Waals surface area contributed by atoms with Gasteiger partial charge in [-0.25, -0.2) is 8.78 Å². The molecule has 3 nitrogen and oxygen atoms in total. The number of methoxy groups -OCH3 is 2. The van der Waals surface area contributed by atoms with Crippen molar-refractivity contribution in [3.05, 3.63) is 23.3 Å². The average Bonchev–Trinajstić information content (AvgIpc) is 3.09. The summed E-state index contributed by atoms with van der Waals surface area (Å²) in [6.07, 6.45) is 1.56. The van der Waals surface area contributed by atoms with Crippen LogP contribution in [0.2, 0.25) is 0 Å². The van der Waals surface area contributed by atoms with Crippen LogP contribution in [0.4, 0.5) is 8.78 Å². The van der Waals surface area contributed by atoms with Crippen molar-refractivity contribution in [2.45, 2.75) is 31.2 Å². The molecule has 1 aliphatic carbocycles. The van der Waals surface area contributed by atoms with Crippen molar-refractivity contribution in [1.82, 2.24) is 0 Å². The molecule has 1 saturated carbocycles. The highest BCUT2D eigenvalue weighted by Gasteiger charge is 2.52. The van der Waals surface area contributed by atoms with Crippen LogP contribution in [0, 0.1) is 11.6 Å². The van der Waals surface area contributed by atoms with Gasteiger partial charge in [0.2, 0.25) is 0 Å². The van der Waals surface area contributed by atoms with Gasteiger partial charge in [-0.3, -0.25) is 0 Å². The van der Waals surface area contributed by atoms with E-state index in [1.54, 1.807) is 0 Å². The lowest BCUT2D eigenvalue weighted by Crippen LogP contribution is -2.32. The van der Waals surface area contributed by atoms with E-state index < -0.39 is 17.0 Å². The van der Waals surface area contributed by atoms with Gasteiger partial charge < -0.3 is 15.2 Å². The summed E-state index contributed by atoms with van der Waals surface area (Å²) in [5.74, 6) is -1.39. The molecule has 0 aromatic heterocycles. The van der Waals surface area contributed by atoms with E-state index in [9.17, 15) is 8.78 Å². The van der Waals surface area contributed by atoms with Crippen molar-refractivity contribution in [2.24, 2.45) is 5.73 Å². The molecule has 2 N–H and O–H groups in total. The standard InChI is InChI=1S/C13H17F2NO2/c1-7(16)13(4-5-13)10-11(17-2)8(14)6-9(15)12(10)18-3/h6-7H,4-5,16H2,1-3H3. The van der Waals surface area contributed by atoms with E-state index in [0.29, 0.717) is 5.56 Å². The second-order valence-electron chi connectivity index (χ2n) is 4.73. The van der Waals surface area contributed by atoms with E-state index in [4.69, 9.17) is 15.2 Å². The molecule has 0 saturated heterocycles. The highest BCUT2D eigenvalue weighted by atomic mass is 19.1. The lowest BCUT2D eigenvalue weighted by atomic mass is 9.87. The molecule has 1 aromatic rings. The van der Waals surface area contributed by atoms with Crippen LogP contribution in [-0.2, 0) is 5.41 Å². The topological polar surface area (TPSA) is 44.5 Å². The molecule has 1 unspecified atom stereocenters. The van der Waals surface area contributed by atoms with Gasteiger partial charge in [0.15, 0.2) is 23.1 Å². The SMILES string of the molecule is COc1c(F)cc(F)c(OC)c1C1(C(C)N)CC1. The van der Waals surface area contributed by atoms with E-state index in [-0.39, 0.29) is 17.5 Å². The smallest absolute Gasteiger partial charge is 0.168 e. The van der Waals surface area contributed by atoms with Crippen molar-refractivity contribution in [1.29, 1.82) is 0 Å². The Morgan fingerprint density at radius 2 is 1.61 bits per heavy atom. The summed E-state index contributed by atoms with van der Waals surface area (Å²) >= 11 is 0. The summed E-state index contributed by atoms with van der Waals surface area (Å²) in [7, 11) is 2.72. The third-order valence-corrected chi connectivity index (χ3v) is 3.71. The summed E-state index contributed by atoms with van der Waals surface area (Å²) in [5.41, 5.74) is 5.93. The van der Waals surface area contributed by atoms with E-state index >= 15 is 0 Å². The predicted molar refractivity (Wildman–Crippen MR) is 64.0 cm³/mol. The minimum absolute atomic E-state index is 0.0306. The summed E-state index contributed by atoms with van der Waals surface area (Å²) in [6.45, 7) is 1.83. The largest absolute Gasteiger partial charge is 0.493 e. The monoisotopic (exact) mass is 257 g/mol. The van der Waals surface area contributed by atoms with Crippen molar-refractivity contribution < 1.29 is 18.3 Å². The molecule has 1 aliphatic rings. The van der Waals surface area contributed by atoms with Crippen LogP contribution in [0.15, 0.2) is 6.07 Å². The van der Waals surface area contributed by atoms with Crippen LogP contribution in [0.1, 0.15) is 25.3 Å². The van der Waals surface area contributed by atoms with Gasteiger partial charge in [-0.1, -0.05) is 0 Å². The van der Waals surface area contributed by atoms with E-state index in [0.717, 1.165) is 18.9 Å². The molecule has 18 heavy (non-hydrogen) atoms. The van der Waals surface area contributed by atoms with Crippen LogP contribution in [0.5, 0.6) is 11.5 Å². The third kappa shape index (κ3) is 1.73. The van der Waals surface area contributed by atoms with Gasteiger partial charge >= 0.3 is 0 Å². The fraction of sp³-hybridized carbons (Fsp3) is 0.538. The Kier molecular flexibility index (Phi) is 3.19. The number of hydrogen-bond donors (Lipinski definition) is 1. The third-order valence-electron chi connectivity index (χ3n) is 3.71. The maximum Gasteiger partial charge on any atom is 0.168 e. The predicted octanol–water partition coefficient (Wildman–Crippen LogP) is 2.36. The summed E-state index contributed by atoms with van der Waals surface area (Å²) in [4.78, 5) is 0. The van der Waals surface area contributed by atoms with Gasteiger partial charge in [-0.05, 0) is 19.8 Å². The van der Waals surface area contributed by atoms with Gasteiger partial charge in [0.1, 0.15) is 0 Å². The summed E-state index contributed by atoms with van der Waals surface area (Å²) in [6, 6.07) is 0.555. The first-order valence-electron chi connectivity index (χ1n) is 5.84. The molecule has 2 rings (SSSR count). The zero-order valence-corrected chi connectivity index (χ0v) is 10.7. The molecule has 0 amide bonds. The number of ether oxygens (including phenoxy) is 2. The van der Waals surface area contributed by atoms with Crippen LogP contribution < -0.4 is 15.2 Å². The molecule has 5 heteroatoms. The van der Waals surface area contributed by atoms with Gasteiger partial charge in [0.25, 0.3) is 0 Å². The number of nitrogens with two attached hydrogens (primary N) is 1. The zero-order chi connectivity index (χ0) is 13.5. The Balaban J connectivity index is 2.70. The molecule has 1 atom stereocenters. The second kappa shape index (κ2) is 4.39. The van der Waals surface area contributed by atoms with Crippen LogP contribution in [0.25, 0.3) is 0 Å². The first kappa shape index (κ1) is 13.1. The number of benzene rings is 1. The minimum atomic E-state index is -0.724. The van der Waals surface area contributed by atoms with Crippen molar-refractivity contribution in [3.63, 3.8) is 0 Å². The highest BCUT2D eigenvalue weighted by molar-refractivity contribution is 5.55. The molecule has 0 spiro atoms. The van der Waals surface area contributed by atoms with Gasteiger partial charge in [0.05, 0.1) is 14.2 Å². The van der Waals surface area contributed by atoms with E-state index in [1.807, 2.05) is 6.92 Å². The summed E-state index contributed by atoms with van der Waals surface area (Å²) < 4.78 is 37.7. The van der Waals surface area contributed by atoms with Gasteiger partial charge in [-0.2, -0.15) is 0 Å².